The fourth-order valence-electron chi connectivity index (χ4n) is 2.46. The van der Waals surface area contributed by atoms with E-state index in [1.807, 2.05) is 5.32 Å². The average Bonchev–Trinajstić information content (AvgIpc) is 2.71. The van der Waals surface area contributed by atoms with Crippen molar-refractivity contribution in [2.24, 2.45) is 0 Å². The molecule has 0 aliphatic rings. The Balaban J connectivity index is 1.89. The fourth-order valence-corrected chi connectivity index (χ4v) is 2.46. The van der Waals surface area contributed by atoms with Crippen LogP contribution in [0.25, 0.3) is 0 Å². The zero-order chi connectivity index (χ0) is 20.3. The summed E-state index contributed by atoms with van der Waals surface area (Å²) in [5.41, 5.74) is 0.563. The highest BCUT2D eigenvalue weighted by molar-refractivity contribution is 6.04. The van der Waals surface area contributed by atoms with Crippen LogP contribution in [0.15, 0.2) is 48.5 Å². The molecule has 2 aromatic carbocycles. The molecule has 0 spiro atoms. The van der Waals surface area contributed by atoms with E-state index in [0.29, 0.717) is 5.56 Å². The third-order valence-corrected chi connectivity index (χ3v) is 3.95. The first-order valence-electron chi connectivity index (χ1n) is 8.28. The number of anilines is 2. The number of aromatic nitrogens is 1. The number of carbonyl (C=O) groups is 1. The molecule has 0 fully saturated rings. The summed E-state index contributed by atoms with van der Waals surface area (Å²) in [5.74, 6) is -5.99. The van der Waals surface area contributed by atoms with Gasteiger partial charge in [0.25, 0.3) is 11.8 Å². The van der Waals surface area contributed by atoms with Gasteiger partial charge < -0.3 is 15.4 Å². The Morgan fingerprint density at radius 1 is 1.04 bits per heavy atom. The maximum atomic E-state index is 14.4. The van der Waals surface area contributed by atoms with Crippen molar-refractivity contribution < 1.29 is 22.7 Å². The Kier molecular flexibility index (Phi) is 5.49. The van der Waals surface area contributed by atoms with Crippen LogP contribution in [-0.4, -0.2) is 17.9 Å². The molecule has 1 aromatic heterocycles. The number of amides is 1. The van der Waals surface area contributed by atoms with Gasteiger partial charge in [0, 0.05) is 18.3 Å². The van der Waals surface area contributed by atoms with E-state index in [2.05, 4.69) is 10.3 Å². The van der Waals surface area contributed by atoms with Crippen molar-refractivity contribution in [3.63, 3.8) is 0 Å². The van der Waals surface area contributed by atoms with Gasteiger partial charge in [-0.3, -0.25) is 4.79 Å². The predicted octanol–water partition coefficient (Wildman–Crippen LogP) is 4.89. The van der Waals surface area contributed by atoms with E-state index >= 15 is 0 Å². The van der Waals surface area contributed by atoms with Gasteiger partial charge in [-0.25, -0.2) is 4.39 Å². The van der Waals surface area contributed by atoms with Crippen molar-refractivity contribution in [3.8, 4) is 11.6 Å². The standard InChI is InChI=1S/C20H16F3N3O2/c1-11-10-13(24-2)8-9-14(11)28-20-16(22)15(21)17(18(23)26-20)25-19(27)12-6-4-3-5-7-12/h3-10,24H,1-2H3,(H,25,27). The molecule has 0 aliphatic carbocycles. The minimum atomic E-state index is -1.60. The van der Waals surface area contributed by atoms with Crippen LogP contribution in [0.1, 0.15) is 15.9 Å². The normalized spacial score (nSPS) is 10.5. The molecule has 28 heavy (non-hydrogen) atoms. The van der Waals surface area contributed by atoms with Gasteiger partial charge in [0.15, 0.2) is 5.82 Å². The predicted molar refractivity (Wildman–Crippen MR) is 99.3 cm³/mol. The number of pyridine rings is 1. The second kappa shape index (κ2) is 7.99. The monoisotopic (exact) mass is 387 g/mol. The lowest BCUT2D eigenvalue weighted by Gasteiger charge is -2.13. The molecule has 1 heterocycles. The summed E-state index contributed by atoms with van der Waals surface area (Å²) >= 11 is 0. The van der Waals surface area contributed by atoms with Gasteiger partial charge in [-0.2, -0.15) is 13.8 Å². The SMILES string of the molecule is CNc1ccc(Oc2nc(F)c(NC(=O)c3ccccc3)c(F)c2F)c(C)c1. The van der Waals surface area contributed by atoms with Crippen LogP contribution in [0.5, 0.6) is 11.6 Å². The van der Waals surface area contributed by atoms with Gasteiger partial charge in [-0.1, -0.05) is 18.2 Å². The van der Waals surface area contributed by atoms with E-state index in [0.717, 1.165) is 5.69 Å². The summed E-state index contributed by atoms with van der Waals surface area (Å²) in [5, 5.41) is 4.92. The number of halogens is 3. The zero-order valence-electron chi connectivity index (χ0n) is 15.0. The van der Waals surface area contributed by atoms with Gasteiger partial charge in [-0.15, -0.1) is 0 Å². The summed E-state index contributed by atoms with van der Waals surface area (Å²) in [7, 11) is 1.73. The number of ether oxygens (including phenoxy) is 1. The molecular weight excluding hydrogens is 371 g/mol. The van der Waals surface area contributed by atoms with Crippen LogP contribution in [0, 0.1) is 24.5 Å². The van der Waals surface area contributed by atoms with Gasteiger partial charge in [0.1, 0.15) is 11.4 Å². The topological polar surface area (TPSA) is 63.2 Å². The number of carbonyl (C=O) groups excluding carboxylic acids is 1. The van der Waals surface area contributed by atoms with Crippen molar-refractivity contribution in [2.45, 2.75) is 6.92 Å². The van der Waals surface area contributed by atoms with Crippen LogP contribution in [0.3, 0.4) is 0 Å². The van der Waals surface area contributed by atoms with Crippen molar-refractivity contribution in [3.05, 3.63) is 77.2 Å². The molecule has 2 N–H and O–H groups in total. The largest absolute Gasteiger partial charge is 0.436 e. The Morgan fingerprint density at radius 3 is 2.39 bits per heavy atom. The smallest absolute Gasteiger partial charge is 0.261 e. The molecule has 5 nitrogen and oxygen atoms in total. The molecule has 3 aromatic rings. The molecule has 0 atom stereocenters. The van der Waals surface area contributed by atoms with E-state index in [-0.39, 0.29) is 11.3 Å². The van der Waals surface area contributed by atoms with Gasteiger partial charge in [-0.05, 0) is 42.8 Å². The molecular formula is C20H16F3N3O2. The lowest BCUT2D eigenvalue weighted by Crippen LogP contribution is -2.16. The van der Waals surface area contributed by atoms with Crippen molar-refractivity contribution >= 4 is 17.3 Å². The molecule has 0 bridgehead atoms. The minimum Gasteiger partial charge on any atom is -0.436 e. The fraction of sp³-hybridized carbons (Fsp3) is 0.100. The van der Waals surface area contributed by atoms with E-state index in [1.54, 1.807) is 44.3 Å². The molecule has 0 aliphatic heterocycles. The Hall–Kier alpha value is -3.55. The van der Waals surface area contributed by atoms with Crippen molar-refractivity contribution in [1.82, 2.24) is 4.98 Å². The van der Waals surface area contributed by atoms with E-state index in [1.165, 1.54) is 18.2 Å². The molecule has 0 radical (unpaired) electrons. The van der Waals surface area contributed by atoms with Crippen molar-refractivity contribution in [1.29, 1.82) is 0 Å². The summed E-state index contributed by atoms with van der Waals surface area (Å²) in [4.78, 5) is 15.4. The Bertz CT molecular complexity index is 1030. The van der Waals surface area contributed by atoms with Gasteiger partial charge in [0.2, 0.25) is 11.8 Å². The summed E-state index contributed by atoms with van der Waals surface area (Å²) in [6.45, 7) is 1.69. The second-order valence-electron chi connectivity index (χ2n) is 5.86. The summed E-state index contributed by atoms with van der Waals surface area (Å²) in [6.07, 6.45) is 0. The summed E-state index contributed by atoms with van der Waals surface area (Å²) < 4.78 is 48.2. The quantitative estimate of drug-likeness (QED) is 0.612. The lowest BCUT2D eigenvalue weighted by molar-refractivity contribution is 0.102. The van der Waals surface area contributed by atoms with Crippen molar-refractivity contribution in [2.75, 3.05) is 17.7 Å². The number of nitrogens with one attached hydrogen (secondary N) is 2. The zero-order valence-corrected chi connectivity index (χ0v) is 15.0. The van der Waals surface area contributed by atoms with Crippen LogP contribution in [0.2, 0.25) is 0 Å². The first kappa shape index (κ1) is 19.2. The van der Waals surface area contributed by atoms with Crippen LogP contribution >= 0.6 is 0 Å². The molecule has 144 valence electrons. The first-order chi connectivity index (χ1) is 13.4. The maximum Gasteiger partial charge on any atom is 0.261 e. The number of hydrogen-bond acceptors (Lipinski definition) is 4. The maximum absolute atomic E-state index is 14.4. The number of hydrogen-bond donors (Lipinski definition) is 2. The Labute approximate surface area is 159 Å². The molecule has 3 rings (SSSR count). The highest BCUT2D eigenvalue weighted by Gasteiger charge is 2.24. The first-order valence-corrected chi connectivity index (χ1v) is 8.28. The number of nitrogens with zero attached hydrogens (tertiary/aromatic N) is 1. The number of rotatable bonds is 5. The molecule has 0 saturated heterocycles. The highest BCUT2D eigenvalue weighted by atomic mass is 19.2. The van der Waals surface area contributed by atoms with Gasteiger partial charge >= 0.3 is 0 Å². The minimum absolute atomic E-state index is 0.155. The third kappa shape index (κ3) is 3.90. The molecule has 8 heteroatoms. The van der Waals surface area contributed by atoms with Crippen LogP contribution in [0.4, 0.5) is 24.5 Å². The van der Waals surface area contributed by atoms with E-state index in [4.69, 9.17) is 4.74 Å². The second-order valence-corrected chi connectivity index (χ2v) is 5.86. The lowest BCUT2D eigenvalue weighted by atomic mass is 10.2. The number of benzene rings is 2. The average molecular weight is 387 g/mol. The van der Waals surface area contributed by atoms with Gasteiger partial charge in [0.05, 0.1) is 0 Å². The van der Waals surface area contributed by atoms with Crippen LogP contribution in [-0.2, 0) is 0 Å². The number of aryl methyl sites for hydroxylation is 1. The van der Waals surface area contributed by atoms with Crippen LogP contribution < -0.4 is 15.4 Å². The highest BCUT2D eigenvalue weighted by Crippen LogP contribution is 2.32. The molecule has 0 saturated carbocycles. The Morgan fingerprint density at radius 2 is 1.75 bits per heavy atom. The summed E-state index contributed by atoms with van der Waals surface area (Å²) in [6, 6.07) is 12.6. The molecule has 1 amide bonds. The van der Waals surface area contributed by atoms with E-state index in [9.17, 15) is 18.0 Å². The molecule has 0 unspecified atom stereocenters. The van der Waals surface area contributed by atoms with E-state index < -0.39 is 35.1 Å². The third-order valence-electron chi connectivity index (χ3n) is 3.95.